The van der Waals surface area contributed by atoms with Crippen LogP contribution in [0.5, 0.6) is 11.5 Å². The van der Waals surface area contributed by atoms with Gasteiger partial charge in [0, 0.05) is 0 Å². The number of ether oxygens (including phenoxy) is 1. The topological polar surface area (TPSA) is 9.23 Å². The predicted molar refractivity (Wildman–Crippen MR) is 142 cm³/mol. The average Bonchev–Trinajstić information content (AvgIpc) is 2.78. The summed E-state index contributed by atoms with van der Waals surface area (Å²) < 4.78 is 5.84. The lowest BCUT2D eigenvalue weighted by molar-refractivity contribution is 0.482. The van der Waals surface area contributed by atoms with E-state index in [2.05, 4.69) is 100 Å². The van der Waals surface area contributed by atoms with E-state index in [1.807, 2.05) is 24.3 Å². The second kappa shape index (κ2) is 12.6. The third kappa shape index (κ3) is 8.61. The molecule has 4 aromatic rings. The van der Waals surface area contributed by atoms with Crippen LogP contribution in [0.25, 0.3) is 11.1 Å². The minimum Gasteiger partial charge on any atom is -0.457 e. The molecule has 0 amide bonds. The number of rotatable bonds is 3. The van der Waals surface area contributed by atoms with Crippen molar-refractivity contribution in [1.82, 2.24) is 0 Å². The van der Waals surface area contributed by atoms with Crippen molar-refractivity contribution in [3.63, 3.8) is 0 Å². The molecule has 0 spiro atoms. The van der Waals surface area contributed by atoms with Gasteiger partial charge in [0.1, 0.15) is 11.5 Å². The highest BCUT2D eigenvalue weighted by Gasteiger charge is 2.00. The molecule has 5 rings (SSSR count). The molecular weight excluding hydrogens is 400 g/mol. The van der Waals surface area contributed by atoms with Crippen LogP contribution in [0.1, 0.15) is 47.9 Å². The van der Waals surface area contributed by atoms with Crippen molar-refractivity contribution in [3.05, 3.63) is 119 Å². The Bertz CT molecular complexity index is 1040. The van der Waals surface area contributed by atoms with Gasteiger partial charge in [-0.2, -0.15) is 0 Å². The zero-order chi connectivity index (χ0) is 23.5. The monoisotopic (exact) mass is 436 g/mol. The SMILES string of the molecule is C1CCC1.Cc1ccc(C)cc1.Cc1ccc(Oc2ccc(-c3ccc(C)cc3)cc2)cc1. The van der Waals surface area contributed by atoms with Crippen molar-refractivity contribution < 1.29 is 4.74 Å². The molecular formula is C32H36O. The molecule has 1 fully saturated rings. The summed E-state index contributed by atoms with van der Waals surface area (Å²) in [5.74, 6) is 1.72. The van der Waals surface area contributed by atoms with Gasteiger partial charge in [-0.3, -0.25) is 0 Å². The smallest absolute Gasteiger partial charge is 0.127 e. The Hall–Kier alpha value is -3.32. The lowest BCUT2D eigenvalue weighted by Crippen LogP contribution is -1.85. The first-order valence-electron chi connectivity index (χ1n) is 11.9. The second-order valence-electron chi connectivity index (χ2n) is 8.87. The van der Waals surface area contributed by atoms with E-state index in [4.69, 9.17) is 4.74 Å². The molecule has 0 unspecified atom stereocenters. The van der Waals surface area contributed by atoms with E-state index in [9.17, 15) is 0 Å². The number of hydrogen-bond donors (Lipinski definition) is 0. The summed E-state index contributed by atoms with van der Waals surface area (Å²) in [7, 11) is 0. The largest absolute Gasteiger partial charge is 0.457 e. The first kappa shape index (κ1) is 24.3. The maximum Gasteiger partial charge on any atom is 0.127 e. The predicted octanol–water partition coefficient (Wildman–Crippen LogP) is 9.63. The van der Waals surface area contributed by atoms with Crippen LogP contribution < -0.4 is 4.74 Å². The molecule has 0 bridgehead atoms. The fraction of sp³-hybridized carbons (Fsp3) is 0.250. The summed E-state index contributed by atoms with van der Waals surface area (Å²) in [5.41, 5.74) is 7.59. The number of benzene rings is 4. The quantitative estimate of drug-likeness (QED) is 0.310. The van der Waals surface area contributed by atoms with Crippen LogP contribution >= 0.6 is 0 Å². The Morgan fingerprint density at radius 3 is 0.939 bits per heavy atom. The molecule has 0 aliphatic heterocycles. The van der Waals surface area contributed by atoms with Crippen molar-refractivity contribution >= 4 is 0 Å². The highest BCUT2D eigenvalue weighted by atomic mass is 16.5. The van der Waals surface area contributed by atoms with Gasteiger partial charge in [-0.15, -0.1) is 0 Å². The van der Waals surface area contributed by atoms with Gasteiger partial charge >= 0.3 is 0 Å². The summed E-state index contributed by atoms with van der Waals surface area (Å²) in [6.07, 6.45) is 6.00. The van der Waals surface area contributed by atoms with Crippen LogP contribution in [-0.2, 0) is 0 Å². The molecule has 0 aromatic heterocycles. The van der Waals surface area contributed by atoms with Crippen LogP contribution in [0.4, 0.5) is 0 Å². The van der Waals surface area contributed by atoms with Gasteiger partial charge in [0.05, 0.1) is 0 Å². The summed E-state index contributed by atoms with van der Waals surface area (Å²) in [4.78, 5) is 0. The Morgan fingerprint density at radius 1 is 0.364 bits per heavy atom. The average molecular weight is 437 g/mol. The molecule has 0 saturated heterocycles. The fourth-order valence-electron chi connectivity index (χ4n) is 3.09. The molecule has 1 aliphatic carbocycles. The Labute approximate surface area is 200 Å². The lowest BCUT2D eigenvalue weighted by Gasteiger charge is -2.07. The first-order chi connectivity index (χ1) is 16.0. The van der Waals surface area contributed by atoms with E-state index in [-0.39, 0.29) is 0 Å². The van der Waals surface area contributed by atoms with Gasteiger partial charge in [-0.25, -0.2) is 0 Å². The molecule has 33 heavy (non-hydrogen) atoms. The van der Waals surface area contributed by atoms with Gasteiger partial charge < -0.3 is 4.74 Å². The van der Waals surface area contributed by atoms with Gasteiger partial charge in [0.2, 0.25) is 0 Å². The zero-order valence-electron chi connectivity index (χ0n) is 20.5. The number of aryl methyl sites for hydroxylation is 4. The zero-order valence-corrected chi connectivity index (χ0v) is 20.5. The highest BCUT2D eigenvalue weighted by molar-refractivity contribution is 5.64. The van der Waals surface area contributed by atoms with Gasteiger partial charge in [0.15, 0.2) is 0 Å². The summed E-state index contributed by atoms with van der Waals surface area (Å²) in [5, 5.41) is 0. The third-order valence-electron chi connectivity index (χ3n) is 5.71. The van der Waals surface area contributed by atoms with Crippen molar-refractivity contribution in [2.75, 3.05) is 0 Å². The molecule has 1 aliphatic rings. The maximum absolute atomic E-state index is 5.84. The summed E-state index contributed by atoms with van der Waals surface area (Å²) >= 11 is 0. The minimum atomic E-state index is 0.856. The fourth-order valence-corrected chi connectivity index (χ4v) is 3.09. The van der Waals surface area contributed by atoms with Crippen LogP contribution in [-0.4, -0.2) is 0 Å². The Kier molecular flexibility index (Phi) is 9.32. The van der Waals surface area contributed by atoms with Gasteiger partial charge in [0.25, 0.3) is 0 Å². The normalized spacial score (nSPS) is 11.8. The molecule has 1 heteroatoms. The first-order valence-corrected chi connectivity index (χ1v) is 11.9. The number of hydrogen-bond acceptors (Lipinski definition) is 1. The molecule has 0 atom stereocenters. The van der Waals surface area contributed by atoms with Crippen molar-refractivity contribution in [1.29, 1.82) is 0 Å². The van der Waals surface area contributed by atoms with Crippen molar-refractivity contribution in [2.45, 2.75) is 53.4 Å². The van der Waals surface area contributed by atoms with Crippen LogP contribution in [0.15, 0.2) is 97.1 Å². The van der Waals surface area contributed by atoms with Crippen LogP contribution in [0.3, 0.4) is 0 Å². The maximum atomic E-state index is 5.84. The van der Waals surface area contributed by atoms with Gasteiger partial charge in [-0.1, -0.05) is 121 Å². The van der Waals surface area contributed by atoms with E-state index in [1.165, 1.54) is 59.1 Å². The van der Waals surface area contributed by atoms with E-state index < -0.39 is 0 Å². The van der Waals surface area contributed by atoms with E-state index in [0.717, 1.165) is 11.5 Å². The molecule has 0 heterocycles. The van der Waals surface area contributed by atoms with E-state index >= 15 is 0 Å². The Morgan fingerprint density at radius 2 is 0.606 bits per heavy atom. The Balaban J connectivity index is 0.000000208. The van der Waals surface area contributed by atoms with Crippen molar-refractivity contribution in [2.24, 2.45) is 0 Å². The standard InChI is InChI=1S/C20H18O.C8H10.C4H8/c1-15-3-7-17(8-4-15)18-9-13-20(14-10-18)21-19-11-5-16(2)6-12-19;1-7-3-5-8(2)6-4-7;1-2-4-3-1/h3-14H,1-2H3;3-6H,1-2H3;1-4H2. The molecule has 170 valence electrons. The summed E-state index contributed by atoms with van der Waals surface area (Å²) in [6, 6.07) is 33.3. The minimum absolute atomic E-state index is 0.856. The lowest BCUT2D eigenvalue weighted by atomic mass is 10.0. The summed E-state index contributed by atoms with van der Waals surface area (Å²) in [6.45, 7) is 8.36. The molecule has 1 nitrogen and oxygen atoms in total. The van der Waals surface area contributed by atoms with E-state index in [1.54, 1.807) is 0 Å². The van der Waals surface area contributed by atoms with E-state index in [0.29, 0.717) is 0 Å². The molecule has 4 aromatic carbocycles. The van der Waals surface area contributed by atoms with Crippen LogP contribution in [0.2, 0.25) is 0 Å². The molecule has 1 saturated carbocycles. The molecule has 0 radical (unpaired) electrons. The van der Waals surface area contributed by atoms with Gasteiger partial charge in [-0.05, 0) is 63.1 Å². The molecule has 0 N–H and O–H groups in total. The van der Waals surface area contributed by atoms with Crippen molar-refractivity contribution in [3.8, 4) is 22.6 Å². The second-order valence-corrected chi connectivity index (χ2v) is 8.87. The van der Waals surface area contributed by atoms with Crippen LogP contribution in [0, 0.1) is 27.7 Å². The highest BCUT2D eigenvalue weighted by Crippen LogP contribution is 2.26. The third-order valence-corrected chi connectivity index (χ3v) is 5.71.